The molecular weight excluding hydrogens is 196 g/mol. The van der Waals surface area contributed by atoms with Gasteiger partial charge in [0.1, 0.15) is 15.2 Å². The van der Waals surface area contributed by atoms with Crippen LogP contribution >= 0.6 is 23.1 Å². The second-order valence-electron chi connectivity index (χ2n) is 1.86. The van der Waals surface area contributed by atoms with Crippen LogP contribution in [0.2, 0.25) is 0 Å². The van der Waals surface area contributed by atoms with E-state index in [1.54, 1.807) is 6.26 Å². The molecule has 1 aromatic rings. The van der Waals surface area contributed by atoms with Crippen molar-refractivity contribution in [3.63, 3.8) is 0 Å². The predicted molar refractivity (Wildman–Crippen MR) is 47.5 cm³/mol. The fourth-order valence-electron chi connectivity index (χ4n) is 0.693. The lowest BCUT2D eigenvalue weighted by atomic mass is 10.4. The van der Waals surface area contributed by atoms with Crippen LogP contribution in [0, 0.1) is 21.4 Å². The lowest BCUT2D eigenvalue weighted by Gasteiger charge is -1.87. The van der Waals surface area contributed by atoms with E-state index in [1.165, 1.54) is 17.8 Å². The summed E-state index contributed by atoms with van der Waals surface area (Å²) in [6, 6.07) is 3.18. The molecule has 6 heteroatoms. The van der Waals surface area contributed by atoms with Crippen molar-refractivity contribution in [2.75, 3.05) is 6.26 Å². The van der Waals surface area contributed by atoms with Gasteiger partial charge in [-0.1, -0.05) is 0 Å². The summed E-state index contributed by atoms with van der Waals surface area (Å²) in [7, 11) is 0. The summed E-state index contributed by atoms with van der Waals surface area (Å²) in [6.45, 7) is 0. The number of thioether (sulfide) groups is 1. The first-order valence-electron chi connectivity index (χ1n) is 2.91. The summed E-state index contributed by atoms with van der Waals surface area (Å²) in [4.78, 5) is 10.3. The Morgan fingerprint density at radius 3 is 2.83 bits per heavy atom. The van der Waals surface area contributed by atoms with Crippen molar-refractivity contribution in [3.8, 4) is 6.07 Å². The Hall–Kier alpha value is -1.06. The van der Waals surface area contributed by atoms with E-state index in [9.17, 15) is 10.1 Å². The predicted octanol–water partition coefficient (Wildman–Crippen LogP) is 2.25. The molecule has 0 unspecified atom stereocenters. The smallest absolute Gasteiger partial charge is 0.258 e. The number of thiophene rings is 1. The first-order valence-corrected chi connectivity index (χ1v) is 4.95. The summed E-state index contributed by atoms with van der Waals surface area (Å²) in [5.74, 6) is 0. The van der Waals surface area contributed by atoms with Gasteiger partial charge in [0, 0.05) is 6.07 Å². The molecule has 12 heavy (non-hydrogen) atoms. The van der Waals surface area contributed by atoms with Gasteiger partial charge in [0.15, 0.2) is 0 Å². The molecule has 0 bridgehead atoms. The van der Waals surface area contributed by atoms with E-state index in [0.29, 0.717) is 9.09 Å². The van der Waals surface area contributed by atoms with Gasteiger partial charge in [-0.3, -0.25) is 10.1 Å². The highest BCUT2D eigenvalue weighted by Gasteiger charge is 2.17. The minimum absolute atomic E-state index is 0.0315. The lowest BCUT2D eigenvalue weighted by Crippen LogP contribution is -1.85. The van der Waals surface area contributed by atoms with Crippen LogP contribution < -0.4 is 0 Å². The summed E-state index contributed by atoms with van der Waals surface area (Å²) < 4.78 is 0.580. The van der Waals surface area contributed by atoms with Gasteiger partial charge in [0.25, 0.3) is 5.69 Å². The Balaban J connectivity index is 3.19. The standard InChI is InChI=1S/C6H4N2O2S2/c1-11-6-5(8(9)10)2-4(3-7)12-6/h2H,1H3. The van der Waals surface area contributed by atoms with Crippen molar-refractivity contribution in [3.05, 3.63) is 21.1 Å². The van der Waals surface area contributed by atoms with E-state index in [4.69, 9.17) is 5.26 Å². The number of hydrogen-bond donors (Lipinski definition) is 0. The lowest BCUT2D eigenvalue weighted by molar-refractivity contribution is -0.387. The van der Waals surface area contributed by atoms with E-state index < -0.39 is 4.92 Å². The SMILES string of the molecule is CSc1sc(C#N)cc1[N+](=O)[O-]. The van der Waals surface area contributed by atoms with Crippen LogP contribution in [0.15, 0.2) is 10.3 Å². The molecule has 0 fully saturated rings. The molecule has 62 valence electrons. The molecule has 0 aliphatic carbocycles. The van der Waals surface area contributed by atoms with Gasteiger partial charge < -0.3 is 0 Å². The van der Waals surface area contributed by atoms with E-state index in [-0.39, 0.29) is 5.69 Å². The number of hydrogen-bond acceptors (Lipinski definition) is 5. The average Bonchev–Trinajstić information content (AvgIpc) is 2.47. The summed E-state index contributed by atoms with van der Waals surface area (Å²) in [5, 5.41) is 18.9. The van der Waals surface area contributed by atoms with Gasteiger partial charge in [-0.25, -0.2) is 0 Å². The zero-order chi connectivity index (χ0) is 9.14. The molecule has 1 rings (SSSR count). The number of nitro groups is 1. The summed E-state index contributed by atoms with van der Waals surface area (Å²) in [6.07, 6.45) is 1.75. The molecule has 0 radical (unpaired) electrons. The molecular formula is C6H4N2O2S2. The molecule has 1 aromatic heterocycles. The van der Waals surface area contributed by atoms with Crippen LogP contribution in [-0.2, 0) is 0 Å². The fraction of sp³-hybridized carbons (Fsp3) is 0.167. The molecule has 0 spiro atoms. The Morgan fingerprint density at radius 1 is 1.83 bits per heavy atom. The summed E-state index contributed by atoms with van der Waals surface area (Å²) in [5.41, 5.74) is 0.0315. The van der Waals surface area contributed by atoms with E-state index in [1.807, 2.05) is 6.07 Å². The average molecular weight is 200 g/mol. The van der Waals surface area contributed by atoms with Gasteiger partial charge in [0.2, 0.25) is 0 Å². The van der Waals surface area contributed by atoms with Gasteiger partial charge in [-0.2, -0.15) is 5.26 Å². The second-order valence-corrected chi connectivity index (χ2v) is 3.98. The molecule has 0 aliphatic rings. The minimum atomic E-state index is -0.469. The minimum Gasteiger partial charge on any atom is -0.258 e. The molecule has 0 saturated heterocycles. The van der Waals surface area contributed by atoms with Gasteiger partial charge in [-0.05, 0) is 6.26 Å². The third kappa shape index (κ3) is 1.57. The van der Waals surface area contributed by atoms with Gasteiger partial charge in [-0.15, -0.1) is 23.1 Å². The van der Waals surface area contributed by atoms with Gasteiger partial charge in [0.05, 0.1) is 4.92 Å². The van der Waals surface area contributed by atoms with Crippen LogP contribution in [0.25, 0.3) is 0 Å². The Kier molecular flexibility index (Phi) is 2.68. The highest BCUT2D eigenvalue weighted by molar-refractivity contribution is 8.00. The van der Waals surface area contributed by atoms with Crippen molar-refractivity contribution >= 4 is 28.8 Å². The number of nitrogens with zero attached hydrogens (tertiary/aromatic N) is 2. The maximum absolute atomic E-state index is 10.4. The second kappa shape index (κ2) is 3.56. The van der Waals surface area contributed by atoms with Gasteiger partial charge >= 0.3 is 0 Å². The van der Waals surface area contributed by atoms with Crippen molar-refractivity contribution in [1.29, 1.82) is 5.26 Å². The van der Waals surface area contributed by atoms with E-state index >= 15 is 0 Å². The monoisotopic (exact) mass is 200 g/mol. The first-order chi connectivity index (χ1) is 5.69. The fourth-order valence-corrected chi connectivity index (χ4v) is 2.29. The van der Waals surface area contributed by atoms with Crippen molar-refractivity contribution in [2.24, 2.45) is 0 Å². The molecule has 1 heterocycles. The molecule has 0 saturated carbocycles. The zero-order valence-corrected chi connectivity index (χ0v) is 7.74. The Bertz CT molecular complexity index is 353. The molecule has 0 aromatic carbocycles. The topological polar surface area (TPSA) is 66.9 Å². The van der Waals surface area contributed by atoms with Crippen LogP contribution in [-0.4, -0.2) is 11.2 Å². The van der Waals surface area contributed by atoms with Crippen LogP contribution in [0.5, 0.6) is 0 Å². The molecule has 0 aliphatic heterocycles. The van der Waals surface area contributed by atoms with Crippen molar-refractivity contribution in [1.82, 2.24) is 0 Å². The summed E-state index contributed by atoms with van der Waals surface area (Å²) >= 11 is 2.43. The van der Waals surface area contributed by atoms with E-state index in [2.05, 4.69) is 0 Å². The number of nitriles is 1. The molecule has 4 nitrogen and oxygen atoms in total. The normalized spacial score (nSPS) is 9.33. The molecule has 0 amide bonds. The number of rotatable bonds is 2. The highest BCUT2D eigenvalue weighted by atomic mass is 32.2. The maximum Gasteiger partial charge on any atom is 0.295 e. The first kappa shape index (κ1) is 9.03. The molecule has 0 N–H and O–H groups in total. The molecule has 0 atom stereocenters. The maximum atomic E-state index is 10.4. The highest BCUT2D eigenvalue weighted by Crippen LogP contribution is 2.35. The van der Waals surface area contributed by atoms with Crippen LogP contribution in [0.4, 0.5) is 5.69 Å². The van der Waals surface area contributed by atoms with Crippen LogP contribution in [0.1, 0.15) is 4.88 Å². The quantitative estimate of drug-likeness (QED) is 0.417. The third-order valence-corrected chi connectivity index (χ3v) is 3.33. The Morgan fingerprint density at radius 2 is 2.50 bits per heavy atom. The van der Waals surface area contributed by atoms with Crippen molar-refractivity contribution in [2.45, 2.75) is 4.21 Å². The third-order valence-electron chi connectivity index (χ3n) is 1.17. The van der Waals surface area contributed by atoms with Crippen LogP contribution in [0.3, 0.4) is 0 Å². The van der Waals surface area contributed by atoms with E-state index in [0.717, 1.165) is 11.3 Å². The Labute approximate surface area is 77.0 Å². The largest absolute Gasteiger partial charge is 0.295 e. The van der Waals surface area contributed by atoms with Crippen molar-refractivity contribution < 1.29 is 4.92 Å². The zero-order valence-electron chi connectivity index (χ0n) is 6.10.